The van der Waals surface area contributed by atoms with Gasteiger partial charge >= 0.3 is 12.1 Å². The van der Waals surface area contributed by atoms with Crippen LogP contribution in [0, 0.1) is 11.3 Å². The molecule has 1 aromatic carbocycles. The zero-order chi connectivity index (χ0) is 15.8. The Hall–Kier alpha value is -1.52. The van der Waals surface area contributed by atoms with Crippen molar-refractivity contribution < 1.29 is 23.1 Å². The Morgan fingerprint density at radius 3 is 2.29 bits per heavy atom. The van der Waals surface area contributed by atoms with Crippen LogP contribution in [0.4, 0.5) is 13.2 Å². The highest BCUT2D eigenvalue weighted by atomic mass is 19.4. The van der Waals surface area contributed by atoms with Crippen LogP contribution >= 0.6 is 0 Å². The third kappa shape index (κ3) is 3.57. The number of carbonyl (C=O) groups is 1. The van der Waals surface area contributed by atoms with E-state index >= 15 is 0 Å². The van der Waals surface area contributed by atoms with E-state index in [-0.39, 0.29) is 11.3 Å². The Morgan fingerprint density at radius 2 is 1.81 bits per heavy atom. The number of carboxylic acid groups (broad SMARTS) is 1. The predicted molar refractivity (Wildman–Crippen MR) is 72.9 cm³/mol. The lowest BCUT2D eigenvalue weighted by molar-refractivity contribution is -0.144. The molecule has 1 fully saturated rings. The predicted octanol–water partition coefficient (Wildman–Crippen LogP) is 4.70. The van der Waals surface area contributed by atoms with E-state index in [4.69, 9.17) is 0 Å². The van der Waals surface area contributed by atoms with Crippen molar-refractivity contribution in [3.05, 3.63) is 35.4 Å². The van der Waals surface area contributed by atoms with E-state index < -0.39 is 23.6 Å². The molecule has 2 unspecified atom stereocenters. The second-order valence-electron chi connectivity index (χ2n) is 6.58. The quantitative estimate of drug-likeness (QED) is 0.859. The molecule has 0 radical (unpaired) electrons. The zero-order valence-corrected chi connectivity index (χ0v) is 12.1. The number of aliphatic carboxylic acids is 1. The van der Waals surface area contributed by atoms with Gasteiger partial charge in [-0.05, 0) is 48.3 Å². The molecule has 0 heterocycles. The summed E-state index contributed by atoms with van der Waals surface area (Å²) in [7, 11) is 0. The van der Waals surface area contributed by atoms with Crippen molar-refractivity contribution in [3.63, 3.8) is 0 Å². The summed E-state index contributed by atoms with van der Waals surface area (Å²) in [5.41, 5.74) is -0.00404. The van der Waals surface area contributed by atoms with Gasteiger partial charge in [0.2, 0.25) is 0 Å². The Kier molecular flexibility index (Phi) is 4.04. The molecule has 0 aromatic heterocycles. The van der Waals surface area contributed by atoms with Crippen LogP contribution in [0.25, 0.3) is 0 Å². The lowest BCUT2D eigenvalue weighted by Crippen LogP contribution is -2.33. The van der Waals surface area contributed by atoms with Gasteiger partial charge in [-0.25, -0.2) is 0 Å². The summed E-state index contributed by atoms with van der Waals surface area (Å²) in [5, 5.41) is 9.34. The van der Waals surface area contributed by atoms with Gasteiger partial charge in [-0.2, -0.15) is 13.2 Å². The molecule has 21 heavy (non-hydrogen) atoms. The molecule has 0 aliphatic heterocycles. The van der Waals surface area contributed by atoms with Crippen LogP contribution in [0.2, 0.25) is 0 Å². The van der Waals surface area contributed by atoms with E-state index in [0.717, 1.165) is 18.6 Å². The highest BCUT2D eigenvalue weighted by molar-refractivity contribution is 5.71. The average molecular weight is 300 g/mol. The highest BCUT2D eigenvalue weighted by Gasteiger charge is 2.39. The second kappa shape index (κ2) is 5.35. The summed E-state index contributed by atoms with van der Waals surface area (Å²) in [6.45, 7) is 4.14. The van der Waals surface area contributed by atoms with Gasteiger partial charge in [0, 0.05) is 0 Å². The van der Waals surface area contributed by atoms with Crippen molar-refractivity contribution in [2.75, 3.05) is 0 Å². The summed E-state index contributed by atoms with van der Waals surface area (Å²) < 4.78 is 37.8. The minimum absolute atomic E-state index is 0.0132. The largest absolute Gasteiger partial charge is 0.481 e. The van der Waals surface area contributed by atoms with Crippen LogP contribution in [0.3, 0.4) is 0 Å². The van der Waals surface area contributed by atoms with Gasteiger partial charge in [-0.1, -0.05) is 26.0 Å². The minimum Gasteiger partial charge on any atom is -0.481 e. The molecule has 116 valence electrons. The van der Waals surface area contributed by atoms with Gasteiger partial charge < -0.3 is 5.11 Å². The number of rotatable bonds is 2. The van der Waals surface area contributed by atoms with Crippen LogP contribution in [0.1, 0.15) is 50.2 Å². The third-order valence-corrected chi connectivity index (χ3v) is 4.37. The van der Waals surface area contributed by atoms with Gasteiger partial charge in [0.25, 0.3) is 0 Å². The molecular weight excluding hydrogens is 281 g/mol. The molecule has 1 N–H and O–H groups in total. The van der Waals surface area contributed by atoms with E-state index in [1.165, 1.54) is 12.1 Å². The molecule has 1 saturated carbocycles. The molecule has 5 heteroatoms. The van der Waals surface area contributed by atoms with Crippen LogP contribution < -0.4 is 0 Å². The molecule has 2 nitrogen and oxygen atoms in total. The summed E-state index contributed by atoms with van der Waals surface area (Å²) in [6, 6.07) is 4.92. The number of halogens is 3. The summed E-state index contributed by atoms with van der Waals surface area (Å²) >= 11 is 0. The van der Waals surface area contributed by atoms with Crippen molar-refractivity contribution in [3.8, 4) is 0 Å². The van der Waals surface area contributed by atoms with Crippen LogP contribution in [-0.4, -0.2) is 11.1 Å². The molecule has 1 aliphatic carbocycles. The van der Waals surface area contributed by atoms with Gasteiger partial charge in [0.1, 0.15) is 0 Å². The zero-order valence-electron chi connectivity index (χ0n) is 12.1. The molecule has 1 aliphatic rings. The molecule has 1 aromatic rings. The van der Waals surface area contributed by atoms with E-state index in [0.29, 0.717) is 18.4 Å². The second-order valence-corrected chi connectivity index (χ2v) is 6.58. The maximum absolute atomic E-state index is 12.6. The van der Waals surface area contributed by atoms with E-state index in [1.807, 2.05) is 0 Å². The summed E-state index contributed by atoms with van der Waals surface area (Å²) in [4.78, 5) is 11.4. The minimum atomic E-state index is -4.36. The van der Waals surface area contributed by atoms with Gasteiger partial charge in [-0.3, -0.25) is 4.79 Å². The smallest absolute Gasteiger partial charge is 0.416 e. The number of benzene rings is 1. The first-order valence-electron chi connectivity index (χ1n) is 7.00. The fourth-order valence-electron chi connectivity index (χ4n) is 3.15. The average Bonchev–Trinajstić information content (AvgIpc) is 2.36. The highest BCUT2D eigenvalue weighted by Crippen LogP contribution is 2.47. The van der Waals surface area contributed by atoms with Crippen molar-refractivity contribution in [2.45, 2.75) is 45.2 Å². The molecule has 2 rings (SSSR count). The van der Waals surface area contributed by atoms with E-state index in [1.54, 1.807) is 0 Å². The first kappa shape index (κ1) is 15.9. The summed E-state index contributed by atoms with van der Waals surface area (Å²) in [5.74, 6) is -1.61. The van der Waals surface area contributed by atoms with Crippen LogP contribution in [0.5, 0.6) is 0 Å². The van der Waals surface area contributed by atoms with Crippen molar-refractivity contribution in [1.29, 1.82) is 0 Å². The Labute approximate surface area is 122 Å². The molecule has 0 amide bonds. The molecule has 0 bridgehead atoms. The maximum atomic E-state index is 12.6. The summed E-state index contributed by atoms with van der Waals surface area (Å²) in [6.07, 6.45) is -2.30. The normalized spacial score (nSPS) is 25.6. The number of hydrogen-bond acceptors (Lipinski definition) is 1. The lowest BCUT2D eigenvalue weighted by atomic mass is 9.65. The Balaban J connectivity index is 2.30. The topological polar surface area (TPSA) is 37.3 Å². The number of hydrogen-bond donors (Lipinski definition) is 1. The Morgan fingerprint density at radius 1 is 1.24 bits per heavy atom. The fourth-order valence-corrected chi connectivity index (χ4v) is 3.15. The number of alkyl halides is 3. The SMILES string of the molecule is CC1(C)CCC(C(=O)O)C(c2ccc(C(F)(F)F)cc2)C1. The van der Waals surface area contributed by atoms with E-state index in [2.05, 4.69) is 13.8 Å². The molecule has 0 saturated heterocycles. The van der Waals surface area contributed by atoms with Gasteiger partial charge in [0.05, 0.1) is 11.5 Å². The fraction of sp³-hybridized carbons (Fsp3) is 0.562. The van der Waals surface area contributed by atoms with Crippen LogP contribution in [-0.2, 0) is 11.0 Å². The Bertz CT molecular complexity index is 517. The maximum Gasteiger partial charge on any atom is 0.416 e. The molecular formula is C16H19F3O2. The van der Waals surface area contributed by atoms with E-state index in [9.17, 15) is 23.1 Å². The van der Waals surface area contributed by atoms with Crippen LogP contribution in [0.15, 0.2) is 24.3 Å². The lowest BCUT2D eigenvalue weighted by Gasteiger charge is -2.39. The first-order valence-corrected chi connectivity index (χ1v) is 7.00. The van der Waals surface area contributed by atoms with Crippen molar-refractivity contribution in [2.24, 2.45) is 11.3 Å². The monoisotopic (exact) mass is 300 g/mol. The molecule has 2 atom stereocenters. The van der Waals surface area contributed by atoms with Gasteiger partial charge in [-0.15, -0.1) is 0 Å². The third-order valence-electron chi connectivity index (χ3n) is 4.37. The van der Waals surface area contributed by atoms with Crippen molar-refractivity contribution >= 4 is 5.97 Å². The van der Waals surface area contributed by atoms with Gasteiger partial charge in [0.15, 0.2) is 0 Å². The standard InChI is InChI=1S/C16H19F3O2/c1-15(2)8-7-12(14(20)21)13(9-15)10-3-5-11(6-4-10)16(17,18)19/h3-6,12-13H,7-9H2,1-2H3,(H,20,21). The van der Waals surface area contributed by atoms with Crippen molar-refractivity contribution in [1.82, 2.24) is 0 Å². The number of carboxylic acids is 1. The first-order chi connectivity index (χ1) is 9.60. The molecule has 0 spiro atoms.